The molecule has 1 fully saturated rings. The summed E-state index contributed by atoms with van der Waals surface area (Å²) in [4.78, 5) is 25.6. The summed E-state index contributed by atoms with van der Waals surface area (Å²) in [5.74, 6) is 0. The molecule has 0 aliphatic carbocycles. The Morgan fingerprint density at radius 3 is 2.50 bits per heavy atom. The fourth-order valence-electron chi connectivity index (χ4n) is 3.48. The number of alkyl halides is 3. The van der Waals surface area contributed by atoms with Crippen LogP contribution >= 0.6 is 11.8 Å². The molecule has 4 nitrogen and oxygen atoms in total. The number of hydrogen-bond acceptors (Lipinski definition) is 3. The summed E-state index contributed by atoms with van der Waals surface area (Å²) in [6.45, 7) is 0.218. The number of thioether (sulfide) groups is 1. The second-order valence-electron chi connectivity index (χ2n) is 6.63. The highest BCUT2D eigenvalue weighted by molar-refractivity contribution is 8.26. The van der Waals surface area contributed by atoms with Gasteiger partial charge in [0.2, 0.25) is 5.12 Å². The molecule has 8 heteroatoms. The molecule has 1 aromatic heterocycles. The Hall–Kier alpha value is -2.74. The zero-order valence-electron chi connectivity index (χ0n) is 14.7. The number of likely N-dealkylation sites (N-methyl/N-ethyl adjacent to an activating group) is 1. The highest BCUT2D eigenvalue weighted by Gasteiger charge is 2.39. The minimum absolute atomic E-state index is 0.218. The summed E-state index contributed by atoms with van der Waals surface area (Å²) < 4.78 is 40.8. The molecule has 3 aromatic rings. The van der Waals surface area contributed by atoms with Gasteiger partial charge in [-0.1, -0.05) is 30.3 Å². The summed E-state index contributed by atoms with van der Waals surface area (Å²) in [5.41, 5.74) is 1.27. The summed E-state index contributed by atoms with van der Waals surface area (Å²) in [6.07, 6.45) is -2.65. The molecule has 1 saturated heterocycles. The number of benzene rings is 2. The van der Waals surface area contributed by atoms with Crippen molar-refractivity contribution >= 4 is 33.0 Å². The molecule has 1 aliphatic rings. The third-order valence-electron chi connectivity index (χ3n) is 4.81. The molecule has 1 unspecified atom stereocenters. The molecule has 0 bridgehead atoms. The molecule has 0 N–H and O–H groups in total. The Balaban J connectivity index is 1.78. The fourth-order valence-corrected chi connectivity index (χ4v) is 4.30. The zero-order chi connectivity index (χ0) is 20.1. The van der Waals surface area contributed by atoms with Gasteiger partial charge in [-0.3, -0.25) is 9.59 Å². The molecular weight excluding hydrogens is 389 g/mol. The third-order valence-corrected chi connectivity index (χ3v) is 5.69. The van der Waals surface area contributed by atoms with E-state index in [0.717, 1.165) is 23.0 Å². The summed E-state index contributed by atoms with van der Waals surface area (Å²) in [6, 6.07) is 11.8. The van der Waals surface area contributed by atoms with Gasteiger partial charge in [0.1, 0.15) is 6.04 Å². The molecule has 0 saturated carbocycles. The van der Waals surface area contributed by atoms with Crippen LogP contribution in [0.15, 0.2) is 54.7 Å². The van der Waals surface area contributed by atoms with Gasteiger partial charge in [0.25, 0.3) is 5.24 Å². The van der Waals surface area contributed by atoms with E-state index < -0.39 is 17.8 Å². The molecule has 1 aliphatic heterocycles. The topological polar surface area (TPSA) is 42.3 Å². The minimum atomic E-state index is -4.41. The van der Waals surface area contributed by atoms with Crippen LogP contribution in [0.4, 0.5) is 18.0 Å². The van der Waals surface area contributed by atoms with Crippen LogP contribution in [0.25, 0.3) is 10.9 Å². The monoisotopic (exact) mass is 404 g/mol. The summed E-state index contributed by atoms with van der Waals surface area (Å²) in [5, 5.41) is 0.231. The summed E-state index contributed by atoms with van der Waals surface area (Å²) in [7, 11) is 1.57. The number of carbonyl (C=O) groups is 2. The second-order valence-corrected chi connectivity index (χ2v) is 7.58. The SMILES string of the molecule is CN1C(=O)SC(=O)C1c1cn(Cc2cccc(C(F)(F)F)c2)c2ccccc12. The van der Waals surface area contributed by atoms with Gasteiger partial charge in [-0.05, 0) is 23.8 Å². The normalized spacial score (nSPS) is 17.7. The van der Waals surface area contributed by atoms with Crippen LogP contribution in [-0.4, -0.2) is 26.9 Å². The molecule has 0 spiro atoms. The average molecular weight is 404 g/mol. The van der Waals surface area contributed by atoms with Crippen LogP contribution in [0.3, 0.4) is 0 Å². The van der Waals surface area contributed by atoms with Crippen molar-refractivity contribution in [2.75, 3.05) is 7.05 Å². The highest BCUT2D eigenvalue weighted by Crippen LogP contribution is 2.39. The maximum Gasteiger partial charge on any atom is 0.416 e. The quantitative estimate of drug-likeness (QED) is 0.612. The third kappa shape index (κ3) is 3.17. The van der Waals surface area contributed by atoms with Crippen molar-refractivity contribution in [3.63, 3.8) is 0 Å². The minimum Gasteiger partial charge on any atom is -0.343 e. The van der Waals surface area contributed by atoms with Gasteiger partial charge in [0, 0.05) is 48.0 Å². The maximum atomic E-state index is 13.0. The van der Waals surface area contributed by atoms with Crippen molar-refractivity contribution in [1.82, 2.24) is 9.47 Å². The molecule has 28 heavy (non-hydrogen) atoms. The van der Waals surface area contributed by atoms with E-state index in [2.05, 4.69) is 0 Å². The van der Waals surface area contributed by atoms with E-state index in [1.54, 1.807) is 19.3 Å². The first kappa shape index (κ1) is 18.6. The lowest BCUT2D eigenvalue weighted by Crippen LogP contribution is -2.23. The van der Waals surface area contributed by atoms with Gasteiger partial charge < -0.3 is 9.47 Å². The molecular formula is C20H15F3N2O2S. The van der Waals surface area contributed by atoms with Crippen LogP contribution in [0.2, 0.25) is 0 Å². The largest absolute Gasteiger partial charge is 0.416 e. The van der Waals surface area contributed by atoms with Crippen molar-refractivity contribution < 1.29 is 22.8 Å². The zero-order valence-corrected chi connectivity index (χ0v) is 15.6. The van der Waals surface area contributed by atoms with Gasteiger partial charge in [-0.2, -0.15) is 13.2 Å². The second kappa shape index (κ2) is 6.70. The van der Waals surface area contributed by atoms with E-state index in [-0.39, 0.29) is 16.9 Å². The number of amides is 1. The van der Waals surface area contributed by atoms with Crippen molar-refractivity contribution in [1.29, 1.82) is 0 Å². The number of halogens is 3. The molecule has 144 valence electrons. The van der Waals surface area contributed by atoms with Crippen molar-refractivity contribution in [3.8, 4) is 0 Å². The molecule has 0 radical (unpaired) electrons. The van der Waals surface area contributed by atoms with E-state index in [4.69, 9.17) is 0 Å². The van der Waals surface area contributed by atoms with Gasteiger partial charge in [-0.25, -0.2) is 0 Å². The van der Waals surface area contributed by atoms with E-state index in [1.807, 2.05) is 28.8 Å². The predicted octanol–water partition coefficient (Wildman–Crippen LogP) is 5.07. The number of nitrogens with zero attached hydrogens (tertiary/aromatic N) is 2. The van der Waals surface area contributed by atoms with Gasteiger partial charge in [-0.15, -0.1) is 0 Å². The van der Waals surface area contributed by atoms with E-state index in [1.165, 1.54) is 11.0 Å². The predicted molar refractivity (Wildman–Crippen MR) is 101 cm³/mol. The van der Waals surface area contributed by atoms with Crippen molar-refractivity contribution in [3.05, 3.63) is 71.4 Å². The Labute approximate surface area is 162 Å². The number of rotatable bonds is 3. The van der Waals surface area contributed by atoms with E-state index >= 15 is 0 Å². The first-order chi connectivity index (χ1) is 13.3. The average Bonchev–Trinajstić information content (AvgIpc) is 3.11. The van der Waals surface area contributed by atoms with Crippen LogP contribution in [-0.2, 0) is 17.5 Å². The molecule has 1 amide bonds. The first-order valence-corrected chi connectivity index (χ1v) is 9.30. The van der Waals surface area contributed by atoms with Crippen molar-refractivity contribution in [2.24, 2.45) is 0 Å². The lowest BCUT2D eigenvalue weighted by Gasteiger charge is -2.16. The van der Waals surface area contributed by atoms with Crippen molar-refractivity contribution in [2.45, 2.75) is 18.8 Å². The van der Waals surface area contributed by atoms with E-state index in [9.17, 15) is 22.8 Å². The van der Waals surface area contributed by atoms with Crippen LogP contribution in [0, 0.1) is 0 Å². The van der Waals surface area contributed by atoms with Gasteiger partial charge >= 0.3 is 6.18 Å². The number of hydrogen-bond donors (Lipinski definition) is 0. The number of carbonyl (C=O) groups excluding carboxylic acids is 2. The van der Waals surface area contributed by atoms with Crippen LogP contribution in [0.1, 0.15) is 22.7 Å². The van der Waals surface area contributed by atoms with E-state index in [0.29, 0.717) is 22.9 Å². The van der Waals surface area contributed by atoms with Gasteiger partial charge in [0.15, 0.2) is 0 Å². The summed E-state index contributed by atoms with van der Waals surface area (Å²) >= 11 is 0.672. The van der Waals surface area contributed by atoms with Gasteiger partial charge in [0.05, 0.1) is 5.56 Å². The fraction of sp³-hybridized carbons (Fsp3) is 0.200. The Bertz CT molecular complexity index is 1090. The highest BCUT2D eigenvalue weighted by atomic mass is 32.2. The standard InChI is InChI=1S/C20H15F3N2O2S/c1-24-17(18(26)28-19(24)27)15-11-25(16-8-3-2-7-14(15)16)10-12-5-4-6-13(9-12)20(21,22)23/h2-9,11,17H,10H2,1H3. The Morgan fingerprint density at radius 2 is 1.82 bits per heavy atom. The lowest BCUT2D eigenvalue weighted by molar-refractivity contribution is -0.137. The molecule has 1 atom stereocenters. The smallest absolute Gasteiger partial charge is 0.343 e. The first-order valence-electron chi connectivity index (χ1n) is 8.48. The van der Waals surface area contributed by atoms with Crippen LogP contribution < -0.4 is 0 Å². The molecule has 2 aromatic carbocycles. The number of aromatic nitrogens is 1. The molecule has 2 heterocycles. The molecule has 4 rings (SSSR count). The number of fused-ring (bicyclic) bond motifs is 1. The number of para-hydroxylation sites is 1. The van der Waals surface area contributed by atoms with Crippen LogP contribution in [0.5, 0.6) is 0 Å². The Kier molecular flexibility index (Phi) is 4.45. The maximum absolute atomic E-state index is 13.0. The lowest BCUT2D eigenvalue weighted by atomic mass is 10.1. The Morgan fingerprint density at radius 1 is 1.07 bits per heavy atom.